The molecule has 2 N–H and O–H groups in total. The number of carbonyl (C=O) groups excluding carboxylic acids is 2. The average molecular weight is 354 g/mol. The normalized spacial score (nSPS) is 14.2. The Labute approximate surface area is 142 Å². The highest BCUT2D eigenvalue weighted by Crippen LogP contribution is 2.28. The first-order chi connectivity index (χ1) is 11.9. The second kappa shape index (κ2) is 5.16. The highest BCUT2D eigenvalue weighted by atomic mass is 32.2. The van der Waals surface area contributed by atoms with E-state index in [0.717, 1.165) is 4.90 Å². The van der Waals surface area contributed by atoms with E-state index in [1.165, 1.54) is 24.3 Å². The minimum absolute atomic E-state index is 0.0285. The average Bonchev–Trinajstić information content (AvgIpc) is 2.83. The van der Waals surface area contributed by atoms with Gasteiger partial charge in [0.2, 0.25) is 10.0 Å². The molecule has 2 amide bonds. The van der Waals surface area contributed by atoms with Gasteiger partial charge in [0, 0.05) is 0 Å². The zero-order valence-electron chi connectivity index (χ0n) is 12.6. The summed E-state index contributed by atoms with van der Waals surface area (Å²) in [6.07, 6.45) is 0. The van der Waals surface area contributed by atoms with Crippen LogP contribution in [0.2, 0.25) is 0 Å². The number of carbonyl (C=O) groups is 2. The number of nitrogens with zero attached hydrogens (tertiary/aromatic N) is 3. The Balaban J connectivity index is 1.81. The smallest absolute Gasteiger partial charge is 0.266 e. The number of hydrogen-bond acceptors (Lipinski definition) is 6. The molecule has 0 bridgehead atoms. The molecule has 2 heterocycles. The zero-order chi connectivity index (χ0) is 17.8. The molecule has 4 rings (SSSR count). The molecule has 0 unspecified atom stereocenters. The number of anilines is 1. The molecule has 25 heavy (non-hydrogen) atoms. The van der Waals surface area contributed by atoms with Crippen LogP contribution in [-0.2, 0) is 10.0 Å². The fourth-order valence-electron chi connectivity index (χ4n) is 2.62. The van der Waals surface area contributed by atoms with Crippen molar-refractivity contribution < 1.29 is 18.0 Å². The number of aromatic nitrogens is 2. The summed E-state index contributed by atoms with van der Waals surface area (Å²) < 4.78 is 22.6. The number of benzene rings is 2. The highest BCUT2D eigenvalue weighted by molar-refractivity contribution is 7.89. The lowest BCUT2D eigenvalue weighted by Gasteiger charge is -2.13. The van der Waals surface area contributed by atoms with Gasteiger partial charge in [-0.1, -0.05) is 12.1 Å². The van der Waals surface area contributed by atoms with Crippen molar-refractivity contribution >= 4 is 38.6 Å². The molecule has 124 valence electrons. The molecule has 1 aliphatic rings. The van der Waals surface area contributed by atoms with Crippen molar-refractivity contribution in [2.45, 2.75) is 4.90 Å². The summed E-state index contributed by atoms with van der Waals surface area (Å²) in [6, 6.07) is 12.0. The van der Waals surface area contributed by atoms with Crippen LogP contribution >= 0.6 is 0 Å². The summed E-state index contributed by atoms with van der Waals surface area (Å²) in [5, 5.41) is 5.05. The lowest BCUT2D eigenvalue weighted by molar-refractivity contribution is 0.0923. The number of rotatable bonds is 2. The van der Waals surface area contributed by atoms with Crippen LogP contribution in [0, 0.1) is 0 Å². The van der Waals surface area contributed by atoms with Crippen molar-refractivity contribution in [2.75, 3.05) is 4.90 Å². The van der Waals surface area contributed by atoms with Gasteiger partial charge >= 0.3 is 0 Å². The van der Waals surface area contributed by atoms with Gasteiger partial charge < -0.3 is 0 Å². The van der Waals surface area contributed by atoms with Gasteiger partial charge in [0.15, 0.2) is 11.4 Å². The van der Waals surface area contributed by atoms with Crippen molar-refractivity contribution in [3.8, 4) is 0 Å². The molecule has 0 atom stereocenters. The summed E-state index contributed by atoms with van der Waals surface area (Å²) in [6.45, 7) is 0. The third-order valence-corrected chi connectivity index (χ3v) is 4.73. The molecular formula is C16H10N4O4S. The SMILES string of the molecule is NS(=O)(=O)c1ccc(N2C(=O)c3nc4ccccc4nc3C2=O)cc1. The predicted molar refractivity (Wildman–Crippen MR) is 88.5 cm³/mol. The van der Waals surface area contributed by atoms with Crippen molar-refractivity contribution in [1.82, 2.24) is 9.97 Å². The van der Waals surface area contributed by atoms with Crippen molar-refractivity contribution in [3.05, 3.63) is 59.9 Å². The number of primary sulfonamides is 1. The van der Waals surface area contributed by atoms with Gasteiger partial charge in [-0.2, -0.15) is 0 Å². The van der Waals surface area contributed by atoms with Crippen LogP contribution in [0.25, 0.3) is 11.0 Å². The molecule has 0 saturated heterocycles. The number of amides is 2. The maximum absolute atomic E-state index is 12.6. The number of fused-ring (bicyclic) bond motifs is 2. The summed E-state index contributed by atoms with van der Waals surface area (Å²) in [5.74, 6) is -1.22. The Morgan fingerprint density at radius 2 is 1.28 bits per heavy atom. The van der Waals surface area contributed by atoms with Crippen LogP contribution in [0.5, 0.6) is 0 Å². The Bertz CT molecular complexity index is 1100. The van der Waals surface area contributed by atoms with E-state index < -0.39 is 21.8 Å². The standard InChI is InChI=1S/C16H10N4O4S/c17-25(23,24)10-7-5-9(6-8-10)20-15(21)13-14(16(20)22)19-12-4-2-1-3-11(12)18-13/h1-8H,(H2,17,23,24). The van der Waals surface area contributed by atoms with Crippen molar-refractivity contribution in [1.29, 1.82) is 0 Å². The fraction of sp³-hybridized carbons (Fsp3) is 0. The van der Waals surface area contributed by atoms with Crippen LogP contribution < -0.4 is 10.0 Å². The zero-order valence-corrected chi connectivity index (χ0v) is 13.4. The van der Waals surface area contributed by atoms with E-state index in [0.29, 0.717) is 11.0 Å². The predicted octanol–water partition coefficient (Wildman–Crippen LogP) is 1.08. The van der Waals surface area contributed by atoms with Gasteiger partial charge in [-0.3, -0.25) is 9.59 Å². The Morgan fingerprint density at radius 3 is 1.72 bits per heavy atom. The lowest BCUT2D eigenvalue weighted by atomic mass is 10.2. The minimum Gasteiger partial charge on any atom is -0.266 e. The molecule has 0 aliphatic carbocycles. The summed E-state index contributed by atoms with van der Waals surface area (Å²) in [5.41, 5.74) is 1.17. The van der Waals surface area contributed by atoms with Crippen molar-refractivity contribution in [3.63, 3.8) is 0 Å². The van der Waals surface area contributed by atoms with Crippen LogP contribution in [0.3, 0.4) is 0 Å². The second-order valence-corrected chi connectivity index (χ2v) is 6.96. The largest absolute Gasteiger partial charge is 0.286 e. The number of hydrogen-bond donors (Lipinski definition) is 1. The van der Waals surface area contributed by atoms with Gasteiger partial charge in [0.25, 0.3) is 11.8 Å². The van der Waals surface area contributed by atoms with E-state index in [2.05, 4.69) is 9.97 Å². The molecule has 3 aromatic rings. The first kappa shape index (κ1) is 15.4. The third kappa shape index (κ3) is 2.37. The quantitative estimate of drug-likeness (QED) is 0.687. The first-order valence-corrected chi connectivity index (χ1v) is 8.69. The molecule has 0 fully saturated rings. The van der Waals surface area contributed by atoms with E-state index in [4.69, 9.17) is 5.14 Å². The highest BCUT2D eigenvalue weighted by Gasteiger charge is 2.40. The van der Waals surface area contributed by atoms with E-state index in [9.17, 15) is 18.0 Å². The van der Waals surface area contributed by atoms with Gasteiger partial charge in [-0.25, -0.2) is 28.4 Å². The monoisotopic (exact) mass is 354 g/mol. The molecule has 0 spiro atoms. The van der Waals surface area contributed by atoms with Crippen LogP contribution in [0.1, 0.15) is 21.0 Å². The third-order valence-electron chi connectivity index (χ3n) is 3.81. The number of sulfonamides is 1. The van der Waals surface area contributed by atoms with Gasteiger partial charge in [-0.15, -0.1) is 0 Å². The fourth-order valence-corrected chi connectivity index (χ4v) is 3.14. The van der Waals surface area contributed by atoms with Crippen LogP contribution in [0.4, 0.5) is 5.69 Å². The Hall–Kier alpha value is -3.17. The number of nitrogens with two attached hydrogens (primary N) is 1. The second-order valence-electron chi connectivity index (χ2n) is 5.39. The summed E-state index contributed by atoms with van der Waals surface area (Å²) >= 11 is 0. The maximum Gasteiger partial charge on any atom is 0.286 e. The number of imide groups is 1. The molecule has 2 aromatic carbocycles. The van der Waals surface area contributed by atoms with Crippen LogP contribution in [-0.4, -0.2) is 30.2 Å². The Kier molecular flexibility index (Phi) is 3.17. The van der Waals surface area contributed by atoms with E-state index >= 15 is 0 Å². The summed E-state index contributed by atoms with van der Waals surface area (Å²) in [4.78, 5) is 34.4. The first-order valence-electron chi connectivity index (χ1n) is 7.15. The van der Waals surface area contributed by atoms with Gasteiger partial charge in [-0.05, 0) is 36.4 Å². The topological polar surface area (TPSA) is 123 Å². The Morgan fingerprint density at radius 1 is 0.800 bits per heavy atom. The minimum atomic E-state index is -3.86. The molecule has 0 radical (unpaired) electrons. The van der Waals surface area contributed by atoms with Gasteiger partial charge in [0.1, 0.15) is 0 Å². The molecule has 0 saturated carbocycles. The lowest BCUT2D eigenvalue weighted by Crippen LogP contribution is -2.29. The van der Waals surface area contributed by atoms with E-state index in [1.54, 1.807) is 24.3 Å². The summed E-state index contributed by atoms with van der Waals surface area (Å²) in [7, 11) is -3.86. The number of para-hydroxylation sites is 2. The van der Waals surface area contributed by atoms with Crippen molar-refractivity contribution in [2.24, 2.45) is 5.14 Å². The van der Waals surface area contributed by atoms with E-state index in [-0.39, 0.29) is 22.0 Å². The molecule has 1 aliphatic heterocycles. The molecule has 1 aromatic heterocycles. The molecule has 9 heteroatoms. The molecule has 8 nitrogen and oxygen atoms in total. The molecular weight excluding hydrogens is 344 g/mol. The van der Waals surface area contributed by atoms with Gasteiger partial charge in [0.05, 0.1) is 21.6 Å². The van der Waals surface area contributed by atoms with Crippen LogP contribution in [0.15, 0.2) is 53.4 Å². The van der Waals surface area contributed by atoms with E-state index in [1.807, 2.05) is 0 Å². The maximum atomic E-state index is 12.6.